The van der Waals surface area contributed by atoms with Crippen molar-refractivity contribution >= 4 is 34.3 Å². The zero-order chi connectivity index (χ0) is 17.8. The number of hydrogen-bond donors (Lipinski definition) is 2. The van der Waals surface area contributed by atoms with Crippen molar-refractivity contribution in [2.75, 3.05) is 12.8 Å². The smallest absolute Gasteiger partial charge is 0.0460 e. The lowest BCUT2D eigenvalue weighted by Gasteiger charge is -2.23. The van der Waals surface area contributed by atoms with Crippen LogP contribution in [0.2, 0.25) is 0 Å². The topological polar surface area (TPSA) is 27.8 Å². The lowest BCUT2D eigenvalue weighted by molar-refractivity contribution is 0.542. The van der Waals surface area contributed by atoms with E-state index in [1.54, 1.807) is 0 Å². The molecule has 0 saturated carbocycles. The Morgan fingerprint density at radius 2 is 2.00 bits per heavy atom. The molecule has 0 spiro atoms. The Kier molecular flexibility index (Phi) is 5.28. The van der Waals surface area contributed by atoms with Crippen molar-refractivity contribution in [3.05, 3.63) is 78.0 Å². The molecule has 2 N–H and O–H groups in total. The predicted octanol–water partition coefficient (Wildman–Crippen LogP) is 5.74. The predicted molar refractivity (Wildman–Crippen MR) is 115 cm³/mol. The molecule has 0 saturated heterocycles. The zero-order valence-corrected chi connectivity index (χ0v) is 15.9. The van der Waals surface area contributed by atoms with E-state index in [4.69, 9.17) is 0 Å². The van der Waals surface area contributed by atoms with Gasteiger partial charge in [-0.05, 0) is 54.0 Å². The minimum absolute atomic E-state index is 0.495. The van der Waals surface area contributed by atoms with Crippen LogP contribution in [0.15, 0.2) is 71.8 Å². The first-order valence-electron chi connectivity index (χ1n) is 9.13. The average Bonchev–Trinajstić information content (AvgIpc) is 3.18. The summed E-state index contributed by atoms with van der Waals surface area (Å²) in [6.45, 7) is 0.951. The van der Waals surface area contributed by atoms with Crippen LogP contribution in [-0.2, 0) is 0 Å². The van der Waals surface area contributed by atoms with Gasteiger partial charge < -0.3 is 10.3 Å². The van der Waals surface area contributed by atoms with E-state index in [-0.39, 0.29) is 0 Å². The Morgan fingerprint density at radius 3 is 2.85 bits per heavy atom. The molecule has 1 aromatic heterocycles. The monoisotopic (exact) mass is 360 g/mol. The molecular weight excluding hydrogens is 336 g/mol. The summed E-state index contributed by atoms with van der Waals surface area (Å²) in [5.41, 5.74) is 5.34. The maximum absolute atomic E-state index is 3.63. The van der Waals surface area contributed by atoms with Gasteiger partial charge in [-0.2, -0.15) is 0 Å². The lowest BCUT2D eigenvalue weighted by atomic mass is 9.93. The molecule has 0 aliphatic carbocycles. The van der Waals surface area contributed by atoms with Crippen molar-refractivity contribution < 1.29 is 0 Å². The van der Waals surface area contributed by atoms with Gasteiger partial charge in [-0.1, -0.05) is 48.6 Å². The Bertz CT molecular complexity index is 937. The first kappa shape index (κ1) is 17.2. The first-order chi connectivity index (χ1) is 12.8. The van der Waals surface area contributed by atoms with Gasteiger partial charge in [-0.3, -0.25) is 0 Å². The fourth-order valence-corrected chi connectivity index (χ4v) is 4.26. The van der Waals surface area contributed by atoms with Crippen LogP contribution in [0.25, 0.3) is 22.6 Å². The van der Waals surface area contributed by atoms with E-state index in [1.165, 1.54) is 32.5 Å². The summed E-state index contributed by atoms with van der Waals surface area (Å²) in [5.74, 6) is 0. The molecule has 4 rings (SSSR count). The molecule has 1 aliphatic rings. The summed E-state index contributed by atoms with van der Waals surface area (Å²) in [6.07, 6.45) is 13.2. The van der Waals surface area contributed by atoms with Gasteiger partial charge in [-0.15, -0.1) is 11.8 Å². The van der Waals surface area contributed by atoms with E-state index in [9.17, 15) is 0 Å². The average molecular weight is 361 g/mol. The van der Waals surface area contributed by atoms with Gasteiger partial charge in [0.1, 0.15) is 0 Å². The van der Waals surface area contributed by atoms with Gasteiger partial charge in [0.15, 0.2) is 0 Å². The van der Waals surface area contributed by atoms with E-state index < -0.39 is 0 Å². The van der Waals surface area contributed by atoms with E-state index >= 15 is 0 Å². The molecule has 0 bridgehead atoms. The summed E-state index contributed by atoms with van der Waals surface area (Å²) in [4.78, 5) is 4.64. The number of rotatable bonds is 5. The second-order valence-electron chi connectivity index (χ2n) is 6.66. The molecule has 1 aliphatic heterocycles. The fourth-order valence-electron chi connectivity index (χ4n) is 3.66. The number of aromatic nitrogens is 1. The maximum Gasteiger partial charge on any atom is 0.0460 e. The molecule has 26 heavy (non-hydrogen) atoms. The Morgan fingerprint density at radius 1 is 1.12 bits per heavy atom. The van der Waals surface area contributed by atoms with Gasteiger partial charge in [0, 0.05) is 34.6 Å². The van der Waals surface area contributed by atoms with Crippen LogP contribution in [0, 0.1) is 0 Å². The third kappa shape index (κ3) is 3.64. The third-order valence-corrected chi connectivity index (χ3v) is 5.82. The van der Waals surface area contributed by atoms with Crippen LogP contribution in [0.4, 0.5) is 0 Å². The van der Waals surface area contributed by atoms with Gasteiger partial charge in [0.25, 0.3) is 0 Å². The highest BCUT2D eigenvalue weighted by atomic mass is 32.2. The minimum atomic E-state index is 0.495. The maximum atomic E-state index is 3.63. The Balaban J connectivity index is 1.48. The zero-order valence-electron chi connectivity index (χ0n) is 15.0. The molecule has 132 valence electrons. The molecule has 1 unspecified atom stereocenters. The van der Waals surface area contributed by atoms with Crippen molar-refractivity contribution in [2.45, 2.75) is 23.8 Å². The number of thioether (sulfide) groups is 1. The van der Waals surface area contributed by atoms with Crippen LogP contribution in [-0.4, -0.2) is 23.8 Å². The van der Waals surface area contributed by atoms with Gasteiger partial charge in [-0.25, -0.2) is 0 Å². The van der Waals surface area contributed by atoms with Crippen molar-refractivity contribution in [1.82, 2.24) is 10.3 Å². The second-order valence-corrected chi connectivity index (χ2v) is 7.51. The second kappa shape index (κ2) is 7.98. The number of aromatic amines is 1. The standard InChI is InChI=1S/C23H24N2S/c1-26-23-11-10-22-20(13-15-25-22)21(23)9-5-8-19-16-18(12-14-24-19)17-6-3-2-4-7-17/h2-7,9-13,15,19,24-25H,8,14,16H2,1H3. The van der Waals surface area contributed by atoms with Crippen LogP contribution in [0.5, 0.6) is 0 Å². The number of nitrogens with one attached hydrogen (secondary N) is 2. The molecule has 0 radical (unpaired) electrons. The van der Waals surface area contributed by atoms with Crippen molar-refractivity contribution in [3.63, 3.8) is 0 Å². The Hall–Kier alpha value is -2.23. The van der Waals surface area contributed by atoms with E-state index in [2.05, 4.69) is 83.3 Å². The largest absolute Gasteiger partial charge is 0.361 e. The molecule has 2 nitrogen and oxygen atoms in total. The lowest BCUT2D eigenvalue weighted by Crippen LogP contribution is -2.32. The molecule has 0 amide bonds. The van der Waals surface area contributed by atoms with Crippen LogP contribution < -0.4 is 5.32 Å². The summed E-state index contributed by atoms with van der Waals surface area (Å²) < 4.78 is 0. The molecule has 0 fully saturated rings. The van der Waals surface area contributed by atoms with Crippen molar-refractivity contribution in [1.29, 1.82) is 0 Å². The van der Waals surface area contributed by atoms with Crippen LogP contribution >= 0.6 is 11.8 Å². The van der Waals surface area contributed by atoms with E-state index in [0.717, 1.165) is 19.4 Å². The normalized spacial score (nSPS) is 17.7. The van der Waals surface area contributed by atoms with Crippen LogP contribution in [0.3, 0.4) is 0 Å². The molecule has 3 heteroatoms. The number of fused-ring (bicyclic) bond motifs is 1. The Labute approximate surface area is 159 Å². The highest BCUT2D eigenvalue weighted by Crippen LogP contribution is 2.30. The van der Waals surface area contributed by atoms with E-state index in [1.807, 2.05) is 18.0 Å². The molecule has 1 atom stereocenters. The van der Waals surface area contributed by atoms with Crippen molar-refractivity contribution in [2.24, 2.45) is 0 Å². The number of H-pyrrole nitrogens is 1. The summed E-state index contributed by atoms with van der Waals surface area (Å²) in [7, 11) is 0. The molecular formula is C23H24N2S. The third-order valence-electron chi connectivity index (χ3n) is 5.03. The van der Waals surface area contributed by atoms with Gasteiger partial charge >= 0.3 is 0 Å². The minimum Gasteiger partial charge on any atom is -0.361 e. The number of hydrogen-bond acceptors (Lipinski definition) is 2. The highest BCUT2D eigenvalue weighted by molar-refractivity contribution is 7.98. The number of benzene rings is 2. The van der Waals surface area contributed by atoms with Gasteiger partial charge in [0.05, 0.1) is 0 Å². The SMILES string of the molecule is CSc1ccc2[nH]ccc2c1C=CCC1CC(c2ccccc2)=CCN1. The summed E-state index contributed by atoms with van der Waals surface area (Å²) in [6, 6.07) is 17.8. The fraction of sp³-hybridized carbons (Fsp3) is 0.217. The molecule has 2 heterocycles. The van der Waals surface area contributed by atoms with E-state index in [0.29, 0.717) is 6.04 Å². The summed E-state index contributed by atoms with van der Waals surface area (Å²) >= 11 is 1.81. The molecule has 2 aromatic carbocycles. The highest BCUT2D eigenvalue weighted by Gasteiger charge is 2.14. The van der Waals surface area contributed by atoms with Crippen LogP contribution in [0.1, 0.15) is 24.0 Å². The summed E-state index contributed by atoms with van der Waals surface area (Å²) in [5, 5.41) is 4.93. The van der Waals surface area contributed by atoms with Crippen molar-refractivity contribution in [3.8, 4) is 0 Å². The first-order valence-corrected chi connectivity index (χ1v) is 10.4. The van der Waals surface area contributed by atoms with Gasteiger partial charge in [0.2, 0.25) is 0 Å². The molecule has 3 aromatic rings. The quantitative estimate of drug-likeness (QED) is 0.568.